The van der Waals surface area contributed by atoms with E-state index in [1.54, 1.807) is 0 Å². The van der Waals surface area contributed by atoms with E-state index in [1.165, 1.54) is 51.4 Å². The summed E-state index contributed by atoms with van der Waals surface area (Å²) >= 11 is 0. The van der Waals surface area contributed by atoms with Gasteiger partial charge in [0.05, 0.1) is 0 Å². The van der Waals surface area contributed by atoms with Crippen LogP contribution in [0.2, 0.25) is 0 Å². The number of piperidine rings is 1. The molecular formula is C23H39NO. The lowest BCUT2D eigenvalue weighted by Crippen LogP contribution is -2.35. The number of unbranched alkanes of at least 4 members (excludes halogenated alkanes) is 5. The fraction of sp³-hybridized carbons (Fsp3) is 0.696. The van der Waals surface area contributed by atoms with Crippen LogP contribution in [0.3, 0.4) is 0 Å². The SMILES string of the molecule is CC/C=C/C/C=C/C/C=C/CCCCCCCC(=O)N1CCCCC1. The van der Waals surface area contributed by atoms with E-state index in [1.807, 2.05) is 0 Å². The highest BCUT2D eigenvalue weighted by Gasteiger charge is 2.15. The van der Waals surface area contributed by atoms with Crippen molar-refractivity contribution in [1.29, 1.82) is 0 Å². The van der Waals surface area contributed by atoms with Crippen molar-refractivity contribution in [1.82, 2.24) is 4.90 Å². The Morgan fingerprint density at radius 3 is 2.08 bits per heavy atom. The highest BCUT2D eigenvalue weighted by Crippen LogP contribution is 2.13. The largest absolute Gasteiger partial charge is 0.343 e. The smallest absolute Gasteiger partial charge is 0.222 e. The minimum Gasteiger partial charge on any atom is -0.343 e. The first kappa shape index (κ1) is 21.7. The Bertz CT molecular complexity index is 402. The van der Waals surface area contributed by atoms with Gasteiger partial charge in [-0.05, 0) is 57.8 Å². The monoisotopic (exact) mass is 345 g/mol. The van der Waals surface area contributed by atoms with Gasteiger partial charge in [0.2, 0.25) is 5.91 Å². The van der Waals surface area contributed by atoms with Gasteiger partial charge in [0.1, 0.15) is 0 Å². The molecule has 1 heterocycles. The topological polar surface area (TPSA) is 20.3 Å². The third-order valence-electron chi connectivity index (χ3n) is 4.75. The molecule has 0 spiro atoms. The normalized spacial score (nSPS) is 15.8. The first-order chi connectivity index (χ1) is 12.3. The van der Waals surface area contributed by atoms with Crippen LogP contribution in [0, 0.1) is 0 Å². The number of hydrogen-bond donors (Lipinski definition) is 0. The molecule has 25 heavy (non-hydrogen) atoms. The molecule has 0 radical (unpaired) electrons. The fourth-order valence-electron chi connectivity index (χ4n) is 3.20. The van der Waals surface area contributed by atoms with E-state index < -0.39 is 0 Å². The zero-order chi connectivity index (χ0) is 18.0. The van der Waals surface area contributed by atoms with Gasteiger partial charge in [-0.25, -0.2) is 0 Å². The second-order valence-electron chi connectivity index (χ2n) is 7.04. The van der Waals surface area contributed by atoms with Gasteiger partial charge < -0.3 is 4.90 Å². The molecule has 1 aliphatic heterocycles. The molecule has 0 bridgehead atoms. The Morgan fingerprint density at radius 2 is 1.36 bits per heavy atom. The summed E-state index contributed by atoms with van der Waals surface area (Å²) in [5, 5.41) is 0. The first-order valence-corrected chi connectivity index (χ1v) is 10.6. The first-order valence-electron chi connectivity index (χ1n) is 10.6. The molecule has 1 fully saturated rings. The minimum atomic E-state index is 0.390. The molecule has 1 rings (SSSR count). The zero-order valence-electron chi connectivity index (χ0n) is 16.4. The minimum absolute atomic E-state index is 0.390. The standard InChI is InChI=1S/C23H39NO/c1-2-3-4-5-6-7-8-9-10-11-12-13-14-15-17-20-23(25)24-21-18-16-19-22-24/h3-4,6-7,9-10H,2,5,8,11-22H2,1H3/b4-3+,7-6+,10-9+. The van der Waals surface area contributed by atoms with Crippen LogP contribution in [-0.2, 0) is 4.79 Å². The van der Waals surface area contributed by atoms with Crippen molar-refractivity contribution in [3.05, 3.63) is 36.5 Å². The van der Waals surface area contributed by atoms with Crippen molar-refractivity contribution in [2.24, 2.45) is 0 Å². The maximum atomic E-state index is 12.0. The molecule has 0 N–H and O–H groups in total. The number of allylic oxidation sites excluding steroid dienone is 6. The highest BCUT2D eigenvalue weighted by atomic mass is 16.2. The lowest BCUT2D eigenvalue weighted by molar-refractivity contribution is -0.132. The Hall–Kier alpha value is -1.31. The third-order valence-corrected chi connectivity index (χ3v) is 4.75. The van der Waals surface area contributed by atoms with Crippen LogP contribution in [0.15, 0.2) is 36.5 Å². The molecule has 1 aliphatic rings. The molecule has 0 atom stereocenters. The van der Waals surface area contributed by atoms with Crippen molar-refractivity contribution >= 4 is 5.91 Å². The van der Waals surface area contributed by atoms with Gasteiger partial charge >= 0.3 is 0 Å². The molecule has 0 saturated carbocycles. The molecular weight excluding hydrogens is 306 g/mol. The second kappa shape index (κ2) is 16.2. The highest BCUT2D eigenvalue weighted by molar-refractivity contribution is 5.76. The molecule has 0 aromatic carbocycles. The van der Waals surface area contributed by atoms with Crippen LogP contribution in [0.25, 0.3) is 0 Å². The number of nitrogens with zero attached hydrogens (tertiary/aromatic N) is 1. The van der Waals surface area contributed by atoms with Crippen LogP contribution < -0.4 is 0 Å². The van der Waals surface area contributed by atoms with E-state index in [0.29, 0.717) is 5.91 Å². The summed E-state index contributed by atoms with van der Waals surface area (Å²) in [6.07, 6.45) is 28.5. The van der Waals surface area contributed by atoms with E-state index in [0.717, 1.165) is 45.2 Å². The van der Waals surface area contributed by atoms with Gasteiger partial charge in [-0.1, -0.05) is 62.6 Å². The zero-order valence-corrected chi connectivity index (χ0v) is 16.4. The van der Waals surface area contributed by atoms with Gasteiger partial charge in [0, 0.05) is 19.5 Å². The lowest BCUT2D eigenvalue weighted by Gasteiger charge is -2.26. The summed E-state index contributed by atoms with van der Waals surface area (Å²) in [5.74, 6) is 0.390. The fourth-order valence-corrected chi connectivity index (χ4v) is 3.20. The summed E-state index contributed by atoms with van der Waals surface area (Å²) in [4.78, 5) is 14.1. The van der Waals surface area contributed by atoms with Gasteiger partial charge in [-0.3, -0.25) is 4.79 Å². The van der Waals surface area contributed by atoms with E-state index in [4.69, 9.17) is 0 Å². The molecule has 0 aromatic heterocycles. The molecule has 142 valence electrons. The Kier molecular flexibility index (Phi) is 14.1. The van der Waals surface area contributed by atoms with E-state index >= 15 is 0 Å². The maximum Gasteiger partial charge on any atom is 0.222 e. The summed E-state index contributed by atoms with van der Waals surface area (Å²) in [6, 6.07) is 0. The summed E-state index contributed by atoms with van der Waals surface area (Å²) in [6.45, 7) is 4.16. The van der Waals surface area contributed by atoms with Crippen LogP contribution in [-0.4, -0.2) is 23.9 Å². The molecule has 0 unspecified atom stereocenters. The second-order valence-corrected chi connectivity index (χ2v) is 7.04. The molecule has 0 aliphatic carbocycles. The Labute approximate surface area is 156 Å². The van der Waals surface area contributed by atoms with E-state index in [-0.39, 0.29) is 0 Å². The van der Waals surface area contributed by atoms with Gasteiger partial charge in [0.25, 0.3) is 0 Å². The molecule has 0 aromatic rings. The third kappa shape index (κ3) is 12.7. The van der Waals surface area contributed by atoms with Crippen molar-refractivity contribution < 1.29 is 4.79 Å². The average Bonchev–Trinajstić information content (AvgIpc) is 2.65. The van der Waals surface area contributed by atoms with Crippen molar-refractivity contribution in [3.8, 4) is 0 Å². The molecule has 1 saturated heterocycles. The maximum absolute atomic E-state index is 12.0. The number of carbonyl (C=O) groups is 1. The van der Waals surface area contributed by atoms with Crippen LogP contribution in [0.1, 0.15) is 90.4 Å². The van der Waals surface area contributed by atoms with E-state index in [9.17, 15) is 4.79 Å². The average molecular weight is 346 g/mol. The lowest BCUT2D eigenvalue weighted by atomic mass is 10.1. The van der Waals surface area contributed by atoms with Crippen molar-refractivity contribution in [2.45, 2.75) is 90.4 Å². The molecule has 1 amide bonds. The summed E-state index contributed by atoms with van der Waals surface area (Å²) in [7, 11) is 0. The number of rotatable bonds is 13. The van der Waals surface area contributed by atoms with Crippen molar-refractivity contribution in [2.75, 3.05) is 13.1 Å². The Morgan fingerprint density at radius 1 is 0.760 bits per heavy atom. The number of amides is 1. The number of carbonyl (C=O) groups excluding carboxylic acids is 1. The summed E-state index contributed by atoms with van der Waals surface area (Å²) < 4.78 is 0. The number of likely N-dealkylation sites (tertiary alicyclic amines) is 1. The van der Waals surface area contributed by atoms with Crippen molar-refractivity contribution in [3.63, 3.8) is 0 Å². The van der Waals surface area contributed by atoms with Crippen LogP contribution >= 0.6 is 0 Å². The summed E-state index contributed by atoms with van der Waals surface area (Å²) in [5.41, 5.74) is 0. The van der Waals surface area contributed by atoms with Gasteiger partial charge in [0.15, 0.2) is 0 Å². The van der Waals surface area contributed by atoms with Crippen LogP contribution in [0.5, 0.6) is 0 Å². The Balaban J connectivity index is 1.86. The molecule has 2 nitrogen and oxygen atoms in total. The molecule has 2 heteroatoms. The predicted octanol–water partition coefficient (Wildman–Crippen LogP) is 6.59. The van der Waals surface area contributed by atoms with Crippen LogP contribution in [0.4, 0.5) is 0 Å². The predicted molar refractivity (Wildman–Crippen MR) is 110 cm³/mol. The van der Waals surface area contributed by atoms with E-state index in [2.05, 4.69) is 48.3 Å². The van der Waals surface area contributed by atoms with Gasteiger partial charge in [-0.15, -0.1) is 0 Å². The number of hydrogen-bond acceptors (Lipinski definition) is 1. The van der Waals surface area contributed by atoms with Gasteiger partial charge in [-0.2, -0.15) is 0 Å². The quantitative estimate of drug-likeness (QED) is 0.272.